The molecule has 2 N–H and O–H groups in total. The van der Waals surface area contributed by atoms with Gasteiger partial charge in [0.1, 0.15) is 11.5 Å². The van der Waals surface area contributed by atoms with Crippen LogP contribution in [0, 0.1) is 0 Å². The molecule has 0 aromatic heterocycles. The molecule has 3 aromatic carbocycles. The van der Waals surface area contributed by atoms with Crippen LogP contribution in [0.2, 0.25) is 0 Å². The third kappa shape index (κ3) is 6.63. The van der Waals surface area contributed by atoms with Crippen molar-refractivity contribution in [1.82, 2.24) is 0 Å². The molecule has 0 fully saturated rings. The predicted molar refractivity (Wildman–Crippen MR) is 163 cm³/mol. The van der Waals surface area contributed by atoms with Gasteiger partial charge in [-0.05, 0) is 79.0 Å². The average Bonchev–Trinajstić information content (AvgIpc) is 2.74. The number of rotatable bonds is 4. The third-order valence-electron chi connectivity index (χ3n) is 7.48. The Bertz CT molecular complexity index is 1130. The smallest absolute Gasteiger partial charge is 0.123 e. The van der Waals surface area contributed by atoms with Crippen molar-refractivity contribution in [3.8, 4) is 11.5 Å². The van der Waals surface area contributed by atoms with Crippen LogP contribution in [0.3, 0.4) is 0 Å². The number of benzene rings is 3. The van der Waals surface area contributed by atoms with Gasteiger partial charge in [0.15, 0.2) is 0 Å². The molecular formula is C36H50O2. The van der Waals surface area contributed by atoms with Gasteiger partial charge in [0.25, 0.3) is 0 Å². The van der Waals surface area contributed by atoms with E-state index in [2.05, 4.69) is 132 Å². The molecule has 3 aromatic rings. The zero-order valence-electron chi connectivity index (χ0n) is 25.9. The van der Waals surface area contributed by atoms with Crippen molar-refractivity contribution in [1.29, 1.82) is 0 Å². The van der Waals surface area contributed by atoms with Gasteiger partial charge >= 0.3 is 0 Å². The molecule has 0 spiro atoms. The van der Waals surface area contributed by atoms with E-state index in [4.69, 9.17) is 0 Å². The largest absolute Gasteiger partial charge is 0.507 e. The summed E-state index contributed by atoms with van der Waals surface area (Å²) in [5, 5.41) is 22.4. The Morgan fingerprint density at radius 3 is 0.895 bits per heavy atom. The second-order valence-electron chi connectivity index (χ2n) is 15.2. The number of aromatic hydroxyl groups is 2. The Hall–Kier alpha value is -2.74. The topological polar surface area (TPSA) is 40.5 Å². The van der Waals surface area contributed by atoms with Crippen LogP contribution in [0.5, 0.6) is 11.5 Å². The van der Waals surface area contributed by atoms with Crippen LogP contribution in [0.4, 0.5) is 0 Å². The lowest BCUT2D eigenvalue weighted by atomic mass is 9.77. The standard InChI is InChI=1S/C36H50O2/c1-33(2,3)27-19-23(20-28(31(27)37)34(4,5)6)17-25-15-13-14-16-26(25)18-24-21-29(35(7,8)9)32(38)30(22-24)36(10,11)12/h13-16,19-22,37-38H,17-18H2,1-12H3. The van der Waals surface area contributed by atoms with Gasteiger partial charge < -0.3 is 10.2 Å². The fourth-order valence-electron chi connectivity index (χ4n) is 5.22. The van der Waals surface area contributed by atoms with Crippen LogP contribution < -0.4 is 0 Å². The van der Waals surface area contributed by atoms with Crippen molar-refractivity contribution < 1.29 is 10.2 Å². The molecule has 0 bridgehead atoms. The Labute approximate surface area is 232 Å². The summed E-state index contributed by atoms with van der Waals surface area (Å²) in [5.41, 5.74) is 8.42. The molecule has 0 aliphatic carbocycles. The van der Waals surface area contributed by atoms with Gasteiger partial charge in [-0.2, -0.15) is 0 Å². The van der Waals surface area contributed by atoms with E-state index < -0.39 is 0 Å². The van der Waals surface area contributed by atoms with Gasteiger partial charge in [-0.3, -0.25) is 0 Å². The van der Waals surface area contributed by atoms with Crippen molar-refractivity contribution >= 4 is 0 Å². The summed E-state index contributed by atoms with van der Waals surface area (Å²) in [7, 11) is 0. The van der Waals surface area contributed by atoms with E-state index in [1.54, 1.807) is 0 Å². The van der Waals surface area contributed by atoms with E-state index in [1.807, 2.05) is 0 Å². The highest BCUT2D eigenvalue weighted by Gasteiger charge is 2.28. The maximum absolute atomic E-state index is 11.2. The molecule has 3 rings (SSSR count). The van der Waals surface area contributed by atoms with Gasteiger partial charge in [-0.1, -0.05) is 132 Å². The molecule has 0 unspecified atom stereocenters. The van der Waals surface area contributed by atoms with E-state index in [1.165, 1.54) is 22.3 Å². The highest BCUT2D eigenvalue weighted by Crippen LogP contribution is 2.42. The fourth-order valence-corrected chi connectivity index (χ4v) is 5.22. The summed E-state index contributed by atoms with van der Waals surface area (Å²) in [6, 6.07) is 17.5. The second kappa shape index (κ2) is 10.1. The molecule has 0 saturated heterocycles. The van der Waals surface area contributed by atoms with Crippen molar-refractivity contribution in [2.24, 2.45) is 0 Å². The lowest BCUT2D eigenvalue weighted by Gasteiger charge is -2.29. The summed E-state index contributed by atoms with van der Waals surface area (Å²) in [6.07, 6.45) is 1.61. The first kappa shape index (κ1) is 29.8. The Kier molecular flexibility index (Phi) is 7.92. The minimum Gasteiger partial charge on any atom is -0.507 e. The molecular weight excluding hydrogens is 464 g/mol. The van der Waals surface area contributed by atoms with Crippen LogP contribution in [-0.4, -0.2) is 10.2 Å². The third-order valence-corrected chi connectivity index (χ3v) is 7.48. The molecule has 206 valence electrons. The van der Waals surface area contributed by atoms with Crippen molar-refractivity contribution in [3.63, 3.8) is 0 Å². The number of phenols is 2. The average molecular weight is 515 g/mol. The van der Waals surface area contributed by atoms with Gasteiger partial charge in [-0.25, -0.2) is 0 Å². The second-order valence-corrected chi connectivity index (χ2v) is 15.2. The highest BCUT2D eigenvalue weighted by molar-refractivity contribution is 5.53. The molecule has 0 heterocycles. The first-order chi connectivity index (χ1) is 17.2. The van der Waals surface area contributed by atoms with Crippen LogP contribution in [0.1, 0.15) is 128 Å². The molecule has 0 saturated carbocycles. The van der Waals surface area contributed by atoms with Gasteiger partial charge in [0.05, 0.1) is 0 Å². The van der Waals surface area contributed by atoms with E-state index in [9.17, 15) is 10.2 Å². The predicted octanol–water partition coefficient (Wildman–Crippen LogP) is 9.47. The fraction of sp³-hybridized carbons (Fsp3) is 0.500. The molecule has 0 atom stereocenters. The summed E-state index contributed by atoms with van der Waals surface area (Å²) in [5.74, 6) is 0.853. The van der Waals surface area contributed by atoms with Crippen LogP contribution >= 0.6 is 0 Å². The quantitative estimate of drug-likeness (QED) is 0.364. The van der Waals surface area contributed by atoms with Crippen molar-refractivity contribution in [2.45, 2.75) is 118 Å². The normalized spacial score (nSPS) is 13.2. The number of phenolic OH excluding ortho intramolecular Hbond substituents is 2. The van der Waals surface area contributed by atoms with Crippen LogP contribution in [0.25, 0.3) is 0 Å². The first-order valence-corrected chi connectivity index (χ1v) is 14.0. The lowest BCUT2D eigenvalue weighted by molar-refractivity contribution is 0.422. The molecule has 0 radical (unpaired) electrons. The SMILES string of the molecule is CC(C)(C)c1cc(Cc2ccccc2Cc2cc(C(C)(C)C)c(O)c(C(C)(C)C)c2)cc(C(C)(C)C)c1O. The zero-order valence-corrected chi connectivity index (χ0v) is 25.9. The lowest BCUT2D eigenvalue weighted by Crippen LogP contribution is -2.18. The maximum Gasteiger partial charge on any atom is 0.123 e. The molecule has 0 amide bonds. The molecule has 38 heavy (non-hydrogen) atoms. The summed E-state index contributed by atoms with van der Waals surface area (Å²) in [4.78, 5) is 0. The minimum atomic E-state index is -0.154. The summed E-state index contributed by atoms with van der Waals surface area (Å²) < 4.78 is 0. The Morgan fingerprint density at radius 2 is 0.684 bits per heavy atom. The Balaban J connectivity index is 2.11. The monoisotopic (exact) mass is 514 g/mol. The van der Waals surface area contributed by atoms with Crippen molar-refractivity contribution in [3.05, 3.63) is 93.0 Å². The first-order valence-electron chi connectivity index (χ1n) is 14.0. The van der Waals surface area contributed by atoms with Crippen LogP contribution in [-0.2, 0) is 34.5 Å². The zero-order chi connectivity index (χ0) is 28.8. The number of hydrogen-bond donors (Lipinski definition) is 2. The van der Waals surface area contributed by atoms with E-state index >= 15 is 0 Å². The molecule has 0 aliphatic heterocycles. The Morgan fingerprint density at radius 1 is 0.447 bits per heavy atom. The molecule has 2 nitrogen and oxygen atoms in total. The number of hydrogen-bond acceptors (Lipinski definition) is 2. The molecule has 0 aliphatic rings. The highest BCUT2D eigenvalue weighted by atomic mass is 16.3. The summed E-state index contributed by atoms with van der Waals surface area (Å²) in [6.45, 7) is 26.0. The van der Waals surface area contributed by atoms with Gasteiger partial charge in [0.2, 0.25) is 0 Å². The van der Waals surface area contributed by atoms with E-state index in [0.29, 0.717) is 11.5 Å². The summed E-state index contributed by atoms with van der Waals surface area (Å²) >= 11 is 0. The van der Waals surface area contributed by atoms with Gasteiger partial charge in [-0.15, -0.1) is 0 Å². The maximum atomic E-state index is 11.2. The van der Waals surface area contributed by atoms with Gasteiger partial charge in [0, 0.05) is 0 Å². The van der Waals surface area contributed by atoms with Crippen LogP contribution in [0.15, 0.2) is 48.5 Å². The van der Waals surface area contributed by atoms with Crippen molar-refractivity contribution in [2.75, 3.05) is 0 Å². The minimum absolute atomic E-state index is 0.154. The van der Waals surface area contributed by atoms with E-state index in [-0.39, 0.29) is 21.7 Å². The van der Waals surface area contributed by atoms with E-state index in [0.717, 1.165) is 35.1 Å². The molecule has 2 heteroatoms.